The summed E-state index contributed by atoms with van der Waals surface area (Å²) in [6.07, 6.45) is 1.06. The molecule has 1 aromatic rings. The Morgan fingerprint density at radius 1 is 1.35 bits per heavy atom. The van der Waals surface area contributed by atoms with E-state index in [9.17, 15) is 4.79 Å². The van der Waals surface area contributed by atoms with Crippen LogP contribution in [0.3, 0.4) is 0 Å². The third-order valence-electron chi connectivity index (χ3n) is 3.35. The van der Waals surface area contributed by atoms with Gasteiger partial charge in [-0.3, -0.25) is 4.79 Å². The summed E-state index contributed by atoms with van der Waals surface area (Å²) >= 11 is 0. The molecule has 0 saturated carbocycles. The molecule has 0 aliphatic heterocycles. The first kappa shape index (κ1) is 16.5. The minimum absolute atomic E-state index is 0.0426. The SMILES string of the molecule is CCCOc1ccc(C(C)(C)C)cc1C(C)CC(=O)O. The van der Waals surface area contributed by atoms with Gasteiger partial charge in [0.05, 0.1) is 13.0 Å². The molecule has 0 fully saturated rings. The summed E-state index contributed by atoms with van der Waals surface area (Å²) < 4.78 is 5.76. The Morgan fingerprint density at radius 3 is 2.50 bits per heavy atom. The normalized spacial score (nSPS) is 13.1. The van der Waals surface area contributed by atoms with Gasteiger partial charge in [0.15, 0.2) is 0 Å². The number of rotatable bonds is 6. The average Bonchev–Trinajstić information content (AvgIpc) is 2.34. The first-order valence-corrected chi connectivity index (χ1v) is 7.24. The summed E-state index contributed by atoms with van der Waals surface area (Å²) in [5, 5.41) is 9.00. The number of hydrogen-bond acceptors (Lipinski definition) is 2. The van der Waals surface area contributed by atoms with Crippen LogP contribution < -0.4 is 4.74 Å². The maximum Gasteiger partial charge on any atom is 0.303 e. The molecule has 1 aromatic carbocycles. The molecule has 1 rings (SSSR count). The van der Waals surface area contributed by atoms with Crippen LogP contribution in [0.4, 0.5) is 0 Å². The Hall–Kier alpha value is -1.51. The van der Waals surface area contributed by atoms with E-state index >= 15 is 0 Å². The Labute approximate surface area is 122 Å². The first-order valence-electron chi connectivity index (χ1n) is 7.24. The monoisotopic (exact) mass is 278 g/mol. The Morgan fingerprint density at radius 2 is 2.00 bits per heavy atom. The van der Waals surface area contributed by atoms with Gasteiger partial charge in [-0.05, 0) is 34.9 Å². The molecule has 1 N–H and O–H groups in total. The summed E-state index contributed by atoms with van der Waals surface area (Å²) in [6, 6.07) is 6.14. The van der Waals surface area contributed by atoms with Crippen molar-refractivity contribution in [2.75, 3.05) is 6.61 Å². The molecular formula is C17H26O3. The second-order valence-corrected chi connectivity index (χ2v) is 6.35. The highest BCUT2D eigenvalue weighted by molar-refractivity contribution is 5.68. The predicted molar refractivity (Wildman–Crippen MR) is 81.6 cm³/mol. The number of benzene rings is 1. The molecule has 0 heterocycles. The number of hydrogen-bond donors (Lipinski definition) is 1. The van der Waals surface area contributed by atoms with E-state index in [1.807, 2.05) is 13.0 Å². The minimum Gasteiger partial charge on any atom is -0.493 e. The topological polar surface area (TPSA) is 46.5 Å². The number of carbonyl (C=O) groups is 1. The molecule has 0 spiro atoms. The lowest BCUT2D eigenvalue weighted by molar-refractivity contribution is -0.137. The van der Waals surface area contributed by atoms with Crippen LogP contribution in [0.2, 0.25) is 0 Å². The summed E-state index contributed by atoms with van der Waals surface area (Å²) in [7, 11) is 0. The van der Waals surface area contributed by atoms with E-state index in [2.05, 4.69) is 39.8 Å². The highest BCUT2D eigenvalue weighted by Crippen LogP contribution is 2.33. The molecule has 0 saturated heterocycles. The van der Waals surface area contributed by atoms with Gasteiger partial charge in [0.25, 0.3) is 0 Å². The maximum absolute atomic E-state index is 10.9. The minimum atomic E-state index is -0.778. The fraction of sp³-hybridized carbons (Fsp3) is 0.588. The van der Waals surface area contributed by atoms with Crippen molar-refractivity contribution in [1.82, 2.24) is 0 Å². The molecule has 3 heteroatoms. The molecule has 1 atom stereocenters. The van der Waals surface area contributed by atoms with Crippen molar-refractivity contribution in [2.24, 2.45) is 0 Å². The highest BCUT2D eigenvalue weighted by Gasteiger charge is 2.20. The van der Waals surface area contributed by atoms with E-state index in [1.165, 1.54) is 5.56 Å². The van der Waals surface area contributed by atoms with Crippen molar-refractivity contribution in [1.29, 1.82) is 0 Å². The van der Waals surface area contributed by atoms with Gasteiger partial charge in [0, 0.05) is 0 Å². The lowest BCUT2D eigenvalue weighted by Crippen LogP contribution is -2.13. The van der Waals surface area contributed by atoms with Crippen LogP contribution in [0, 0.1) is 0 Å². The van der Waals surface area contributed by atoms with E-state index in [4.69, 9.17) is 9.84 Å². The van der Waals surface area contributed by atoms with Gasteiger partial charge >= 0.3 is 5.97 Å². The fourth-order valence-electron chi connectivity index (χ4n) is 2.12. The lowest BCUT2D eigenvalue weighted by Gasteiger charge is -2.23. The zero-order valence-corrected chi connectivity index (χ0v) is 13.2. The van der Waals surface area contributed by atoms with Gasteiger partial charge in [0.2, 0.25) is 0 Å². The summed E-state index contributed by atoms with van der Waals surface area (Å²) in [5.41, 5.74) is 2.24. The lowest BCUT2D eigenvalue weighted by atomic mass is 9.84. The van der Waals surface area contributed by atoms with Gasteiger partial charge in [-0.2, -0.15) is 0 Å². The van der Waals surface area contributed by atoms with Crippen molar-refractivity contribution in [3.05, 3.63) is 29.3 Å². The van der Waals surface area contributed by atoms with E-state index in [0.717, 1.165) is 17.7 Å². The van der Waals surface area contributed by atoms with Crippen molar-refractivity contribution in [3.63, 3.8) is 0 Å². The molecule has 0 aromatic heterocycles. The number of carboxylic acid groups (broad SMARTS) is 1. The molecule has 20 heavy (non-hydrogen) atoms. The summed E-state index contributed by atoms with van der Waals surface area (Å²) in [5.74, 6) is -0.0182. The van der Waals surface area contributed by atoms with Gasteiger partial charge in [-0.15, -0.1) is 0 Å². The molecule has 0 bridgehead atoms. The number of aliphatic carboxylic acids is 1. The van der Waals surface area contributed by atoms with E-state index < -0.39 is 5.97 Å². The number of ether oxygens (including phenoxy) is 1. The van der Waals surface area contributed by atoms with Crippen molar-refractivity contribution >= 4 is 5.97 Å². The molecule has 1 unspecified atom stereocenters. The standard InChI is InChI=1S/C17H26O3/c1-6-9-20-15-8-7-13(17(3,4)5)11-14(15)12(2)10-16(18)19/h7-8,11-12H,6,9-10H2,1-5H3,(H,18,19). The Kier molecular flexibility index (Phi) is 5.61. The van der Waals surface area contributed by atoms with Crippen LogP contribution >= 0.6 is 0 Å². The van der Waals surface area contributed by atoms with Crippen molar-refractivity contribution in [2.45, 2.75) is 58.8 Å². The van der Waals surface area contributed by atoms with Crippen LogP contribution in [-0.2, 0) is 10.2 Å². The predicted octanol–water partition coefficient (Wildman–Crippen LogP) is 4.35. The first-order chi connectivity index (χ1) is 9.25. The van der Waals surface area contributed by atoms with Gasteiger partial charge < -0.3 is 9.84 Å². The third kappa shape index (κ3) is 4.55. The maximum atomic E-state index is 10.9. The van der Waals surface area contributed by atoms with Gasteiger partial charge in [-0.25, -0.2) is 0 Å². The molecule has 0 aliphatic rings. The largest absolute Gasteiger partial charge is 0.493 e. The molecule has 0 amide bonds. The van der Waals surface area contributed by atoms with E-state index in [0.29, 0.717) is 6.61 Å². The molecule has 0 radical (unpaired) electrons. The summed E-state index contributed by atoms with van der Waals surface area (Å²) in [6.45, 7) is 11.1. The molecular weight excluding hydrogens is 252 g/mol. The van der Waals surface area contributed by atoms with E-state index in [-0.39, 0.29) is 17.8 Å². The highest BCUT2D eigenvalue weighted by atomic mass is 16.5. The fourth-order valence-corrected chi connectivity index (χ4v) is 2.12. The van der Waals surface area contributed by atoms with Crippen LogP contribution in [-0.4, -0.2) is 17.7 Å². The van der Waals surface area contributed by atoms with Crippen LogP contribution in [0.25, 0.3) is 0 Å². The second-order valence-electron chi connectivity index (χ2n) is 6.35. The Bertz CT molecular complexity index is 458. The second kappa shape index (κ2) is 6.78. The van der Waals surface area contributed by atoms with Crippen LogP contribution in [0.5, 0.6) is 5.75 Å². The van der Waals surface area contributed by atoms with Crippen molar-refractivity contribution in [3.8, 4) is 5.75 Å². The zero-order valence-electron chi connectivity index (χ0n) is 13.2. The molecule has 112 valence electrons. The van der Waals surface area contributed by atoms with Gasteiger partial charge in [-0.1, -0.05) is 46.8 Å². The quantitative estimate of drug-likeness (QED) is 0.841. The molecule has 3 nitrogen and oxygen atoms in total. The van der Waals surface area contributed by atoms with Crippen LogP contribution in [0.15, 0.2) is 18.2 Å². The molecule has 0 aliphatic carbocycles. The third-order valence-corrected chi connectivity index (χ3v) is 3.35. The van der Waals surface area contributed by atoms with Crippen molar-refractivity contribution < 1.29 is 14.6 Å². The van der Waals surface area contributed by atoms with Crippen LogP contribution in [0.1, 0.15) is 64.5 Å². The smallest absolute Gasteiger partial charge is 0.303 e. The summed E-state index contributed by atoms with van der Waals surface area (Å²) in [4.78, 5) is 10.9. The Balaban J connectivity index is 3.15. The van der Waals surface area contributed by atoms with E-state index in [1.54, 1.807) is 0 Å². The zero-order chi connectivity index (χ0) is 15.3. The average molecular weight is 278 g/mol. The van der Waals surface area contributed by atoms with Gasteiger partial charge in [0.1, 0.15) is 5.75 Å². The number of carboxylic acids is 1.